The maximum absolute atomic E-state index is 5.84. The van der Waals surface area contributed by atoms with Crippen LogP contribution in [-0.4, -0.2) is 5.75 Å². The molecule has 0 aliphatic carbocycles. The molecule has 1 atom stereocenters. The topological polar surface area (TPSA) is 26.0 Å². The lowest BCUT2D eigenvalue weighted by atomic mass is 10.2. The van der Waals surface area contributed by atoms with Gasteiger partial charge in [0.05, 0.1) is 0 Å². The van der Waals surface area contributed by atoms with Crippen molar-refractivity contribution in [3.8, 4) is 0 Å². The summed E-state index contributed by atoms with van der Waals surface area (Å²) in [7, 11) is 0. The molecule has 1 aromatic rings. The highest BCUT2D eigenvalue weighted by Crippen LogP contribution is 2.29. The van der Waals surface area contributed by atoms with Gasteiger partial charge >= 0.3 is 0 Å². The van der Waals surface area contributed by atoms with Crippen LogP contribution in [0.5, 0.6) is 0 Å². The smallest absolute Gasteiger partial charge is 0.0467 e. The van der Waals surface area contributed by atoms with E-state index in [0.717, 1.165) is 22.3 Å². The molecule has 0 aromatic heterocycles. The fraction of sp³-hybridized carbons (Fsp3) is 0.455. The number of nitrogen functional groups attached to an aromatic ring is 1. The molecule has 1 nitrogen and oxygen atoms in total. The van der Waals surface area contributed by atoms with Crippen LogP contribution in [0.15, 0.2) is 23.1 Å². The average Bonchev–Trinajstić information content (AvgIpc) is 2.16. The van der Waals surface area contributed by atoms with Crippen molar-refractivity contribution in [3.63, 3.8) is 0 Å². The molecule has 1 aromatic carbocycles. The first-order valence-electron chi connectivity index (χ1n) is 4.81. The SMILES string of the molecule is CCC(C)CSc1ccc(Cl)cc1N. The number of hydrogen-bond donors (Lipinski definition) is 1. The van der Waals surface area contributed by atoms with Crippen molar-refractivity contribution < 1.29 is 0 Å². The lowest BCUT2D eigenvalue weighted by Gasteiger charge is -2.09. The Morgan fingerprint density at radius 1 is 1.50 bits per heavy atom. The molecule has 2 N–H and O–H groups in total. The molecule has 0 heterocycles. The van der Waals surface area contributed by atoms with Crippen molar-refractivity contribution in [3.05, 3.63) is 23.2 Å². The zero-order valence-electron chi connectivity index (χ0n) is 8.59. The Balaban J connectivity index is 2.59. The molecule has 1 rings (SSSR count). The van der Waals surface area contributed by atoms with Gasteiger partial charge in [-0.1, -0.05) is 31.9 Å². The van der Waals surface area contributed by atoms with Crippen molar-refractivity contribution >= 4 is 29.1 Å². The van der Waals surface area contributed by atoms with Gasteiger partial charge < -0.3 is 5.73 Å². The summed E-state index contributed by atoms with van der Waals surface area (Å²) in [5, 5.41) is 0.704. The number of anilines is 1. The van der Waals surface area contributed by atoms with Crippen LogP contribution < -0.4 is 5.73 Å². The van der Waals surface area contributed by atoms with Crippen molar-refractivity contribution in [2.24, 2.45) is 5.92 Å². The van der Waals surface area contributed by atoms with E-state index in [2.05, 4.69) is 13.8 Å². The van der Waals surface area contributed by atoms with E-state index >= 15 is 0 Å². The van der Waals surface area contributed by atoms with Gasteiger partial charge in [0.25, 0.3) is 0 Å². The van der Waals surface area contributed by atoms with E-state index in [1.807, 2.05) is 12.1 Å². The third-order valence-corrected chi connectivity index (χ3v) is 3.85. The maximum atomic E-state index is 5.84. The van der Waals surface area contributed by atoms with E-state index in [1.54, 1.807) is 17.8 Å². The predicted octanol–water partition coefficient (Wildman–Crippen LogP) is 4.06. The Bertz CT molecular complexity index is 301. The quantitative estimate of drug-likeness (QED) is 0.623. The molecule has 3 heteroatoms. The van der Waals surface area contributed by atoms with Crippen molar-refractivity contribution in [2.45, 2.75) is 25.2 Å². The summed E-state index contributed by atoms with van der Waals surface area (Å²) < 4.78 is 0. The molecule has 0 fully saturated rings. The van der Waals surface area contributed by atoms with Gasteiger partial charge in [-0.3, -0.25) is 0 Å². The van der Waals surface area contributed by atoms with Gasteiger partial charge in [-0.05, 0) is 24.1 Å². The summed E-state index contributed by atoms with van der Waals surface area (Å²) in [6.07, 6.45) is 1.21. The van der Waals surface area contributed by atoms with Gasteiger partial charge in [0.15, 0.2) is 0 Å². The van der Waals surface area contributed by atoms with Crippen LogP contribution in [0, 0.1) is 5.92 Å². The van der Waals surface area contributed by atoms with E-state index in [0.29, 0.717) is 5.02 Å². The second-order valence-electron chi connectivity index (χ2n) is 3.51. The first-order valence-corrected chi connectivity index (χ1v) is 6.17. The molecule has 0 amide bonds. The summed E-state index contributed by atoms with van der Waals surface area (Å²) in [5.41, 5.74) is 6.63. The molecule has 0 bridgehead atoms. The lowest BCUT2D eigenvalue weighted by molar-refractivity contribution is 0.637. The fourth-order valence-corrected chi connectivity index (χ4v) is 2.27. The monoisotopic (exact) mass is 229 g/mol. The van der Waals surface area contributed by atoms with Crippen LogP contribution in [0.2, 0.25) is 5.02 Å². The number of nitrogens with two attached hydrogens (primary N) is 1. The molecule has 78 valence electrons. The Morgan fingerprint density at radius 3 is 2.79 bits per heavy atom. The Labute approximate surface area is 95.0 Å². The highest BCUT2D eigenvalue weighted by atomic mass is 35.5. The van der Waals surface area contributed by atoms with Gasteiger partial charge in [-0.15, -0.1) is 11.8 Å². The van der Waals surface area contributed by atoms with E-state index in [4.69, 9.17) is 17.3 Å². The molecule has 1 unspecified atom stereocenters. The first kappa shape index (κ1) is 11.7. The standard InChI is InChI=1S/C11H16ClNS/c1-3-8(2)7-14-11-5-4-9(12)6-10(11)13/h4-6,8H,3,7,13H2,1-2H3. The zero-order chi connectivity index (χ0) is 10.6. The van der Waals surface area contributed by atoms with Crippen molar-refractivity contribution in [1.82, 2.24) is 0 Å². The Hall–Kier alpha value is -0.340. The van der Waals surface area contributed by atoms with Gasteiger partial charge in [0, 0.05) is 21.4 Å². The number of rotatable bonds is 4. The predicted molar refractivity (Wildman–Crippen MR) is 66.0 cm³/mol. The minimum Gasteiger partial charge on any atom is -0.398 e. The highest BCUT2D eigenvalue weighted by molar-refractivity contribution is 7.99. The van der Waals surface area contributed by atoms with E-state index < -0.39 is 0 Å². The molecule has 0 saturated heterocycles. The van der Waals surface area contributed by atoms with Crippen molar-refractivity contribution in [2.75, 3.05) is 11.5 Å². The number of halogens is 1. The molecule has 0 aliphatic heterocycles. The number of benzene rings is 1. The van der Waals surface area contributed by atoms with Crippen LogP contribution in [0.3, 0.4) is 0 Å². The van der Waals surface area contributed by atoms with Crippen LogP contribution in [0.1, 0.15) is 20.3 Å². The van der Waals surface area contributed by atoms with Crippen molar-refractivity contribution in [1.29, 1.82) is 0 Å². The molecule has 0 aliphatic rings. The summed E-state index contributed by atoms with van der Waals surface area (Å²) in [4.78, 5) is 1.13. The van der Waals surface area contributed by atoms with Gasteiger partial charge in [-0.25, -0.2) is 0 Å². The van der Waals surface area contributed by atoms with Crippen LogP contribution in [0.4, 0.5) is 5.69 Å². The normalized spacial score (nSPS) is 12.8. The summed E-state index contributed by atoms with van der Waals surface area (Å²) >= 11 is 7.62. The third-order valence-electron chi connectivity index (χ3n) is 2.19. The van der Waals surface area contributed by atoms with Gasteiger partial charge in [0.2, 0.25) is 0 Å². The van der Waals surface area contributed by atoms with Crippen LogP contribution in [0.25, 0.3) is 0 Å². The summed E-state index contributed by atoms with van der Waals surface area (Å²) in [5.74, 6) is 1.84. The van der Waals surface area contributed by atoms with E-state index in [-0.39, 0.29) is 0 Å². The molecular weight excluding hydrogens is 214 g/mol. The molecular formula is C11H16ClNS. The average molecular weight is 230 g/mol. The van der Waals surface area contributed by atoms with E-state index in [9.17, 15) is 0 Å². The van der Waals surface area contributed by atoms with Gasteiger partial charge in [0.1, 0.15) is 0 Å². The molecule has 0 spiro atoms. The van der Waals surface area contributed by atoms with Crippen LogP contribution in [-0.2, 0) is 0 Å². The minimum absolute atomic E-state index is 0.704. The molecule has 14 heavy (non-hydrogen) atoms. The zero-order valence-corrected chi connectivity index (χ0v) is 10.2. The summed E-state index contributed by atoms with van der Waals surface area (Å²) in [6.45, 7) is 4.45. The second kappa shape index (κ2) is 5.52. The second-order valence-corrected chi connectivity index (χ2v) is 5.00. The fourth-order valence-electron chi connectivity index (χ4n) is 1.00. The molecule has 0 radical (unpaired) electrons. The van der Waals surface area contributed by atoms with E-state index in [1.165, 1.54) is 6.42 Å². The summed E-state index contributed by atoms with van der Waals surface area (Å²) in [6, 6.07) is 5.68. The third kappa shape index (κ3) is 3.43. The Morgan fingerprint density at radius 2 is 2.21 bits per heavy atom. The number of hydrogen-bond acceptors (Lipinski definition) is 2. The molecule has 0 saturated carbocycles. The van der Waals surface area contributed by atoms with Gasteiger partial charge in [-0.2, -0.15) is 0 Å². The largest absolute Gasteiger partial charge is 0.398 e. The highest BCUT2D eigenvalue weighted by Gasteiger charge is 2.03. The first-order chi connectivity index (χ1) is 6.63. The Kier molecular flexibility index (Phi) is 4.63. The lowest BCUT2D eigenvalue weighted by Crippen LogP contribution is -1.96. The maximum Gasteiger partial charge on any atom is 0.0467 e. The minimum atomic E-state index is 0.704. The van der Waals surface area contributed by atoms with Crippen LogP contribution >= 0.6 is 23.4 Å². The number of thioether (sulfide) groups is 1.